The third-order valence-corrected chi connectivity index (χ3v) is 5.29. The summed E-state index contributed by atoms with van der Waals surface area (Å²) < 4.78 is 42.7. The summed E-state index contributed by atoms with van der Waals surface area (Å²) in [7, 11) is -3.93. The van der Waals surface area contributed by atoms with Crippen LogP contribution < -0.4 is 9.86 Å². The van der Waals surface area contributed by atoms with Crippen LogP contribution >= 0.6 is 11.3 Å². The summed E-state index contributed by atoms with van der Waals surface area (Å²) in [6, 6.07) is 8.20. The number of aromatic nitrogens is 4. The van der Waals surface area contributed by atoms with Crippen LogP contribution in [0.3, 0.4) is 0 Å². The minimum Gasteiger partial charge on any atom is -0.417 e. The molecule has 0 saturated heterocycles. The fourth-order valence-electron chi connectivity index (χ4n) is 2.42. The third-order valence-electron chi connectivity index (χ3n) is 3.73. The van der Waals surface area contributed by atoms with Crippen molar-refractivity contribution in [2.24, 2.45) is 5.14 Å². The Balaban J connectivity index is 1.58. The van der Waals surface area contributed by atoms with Gasteiger partial charge < -0.3 is 4.42 Å². The van der Waals surface area contributed by atoms with E-state index in [9.17, 15) is 17.6 Å². The van der Waals surface area contributed by atoms with Crippen LogP contribution in [0, 0.1) is 5.95 Å². The normalized spacial score (nSPS) is 11.8. The molecule has 0 atom stereocenters. The SMILES string of the molecule is NS(=O)(=O)NCc1nnc(C(=O)c2nc3ccc(-c4ccc(F)nc4)cc3s2)o1. The van der Waals surface area contributed by atoms with Gasteiger partial charge in [0.05, 0.1) is 16.8 Å². The number of carbonyl (C=O) groups excluding carboxylic acids is 1. The Kier molecular flexibility index (Phi) is 4.87. The second-order valence-corrected chi connectivity index (χ2v) is 8.18. The maximum Gasteiger partial charge on any atom is 0.291 e. The lowest BCUT2D eigenvalue weighted by Crippen LogP contribution is -2.30. The number of pyridine rings is 1. The maximum atomic E-state index is 13.0. The Bertz CT molecular complexity index is 1320. The van der Waals surface area contributed by atoms with E-state index in [0.717, 1.165) is 27.2 Å². The molecule has 0 spiro atoms. The summed E-state index contributed by atoms with van der Waals surface area (Å²) in [5, 5.41) is 12.2. The zero-order chi connectivity index (χ0) is 20.6. The number of fused-ring (bicyclic) bond motifs is 1. The molecular formula is C16H11FN6O4S2. The fraction of sp³-hybridized carbons (Fsp3) is 0.0625. The molecule has 13 heteroatoms. The third kappa shape index (κ3) is 4.32. The van der Waals surface area contributed by atoms with Gasteiger partial charge in [0.1, 0.15) is 0 Å². The number of nitrogens with two attached hydrogens (primary N) is 1. The average Bonchev–Trinajstić information content (AvgIpc) is 3.32. The van der Waals surface area contributed by atoms with E-state index in [2.05, 4.69) is 20.2 Å². The van der Waals surface area contributed by atoms with Crippen LogP contribution in [-0.4, -0.2) is 34.4 Å². The molecule has 0 amide bonds. The first-order chi connectivity index (χ1) is 13.8. The molecule has 0 fully saturated rings. The number of halogens is 1. The van der Waals surface area contributed by atoms with E-state index >= 15 is 0 Å². The van der Waals surface area contributed by atoms with Gasteiger partial charge in [0, 0.05) is 11.8 Å². The van der Waals surface area contributed by atoms with Crippen LogP contribution in [0.5, 0.6) is 0 Å². The molecule has 0 aliphatic heterocycles. The van der Waals surface area contributed by atoms with Gasteiger partial charge in [0.2, 0.25) is 11.8 Å². The first-order valence-electron chi connectivity index (χ1n) is 7.95. The van der Waals surface area contributed by atoms with Gasteiger partial charge in [0.15, 0.2) is 5.01 Å². The highest BCUT2D eigenvalue weighted by atomic mass is 32.2. The van der Waals surface area contributed by atoms with E-state index in [1.807, 2.05) is 10.8 Å². The monoisotopic (exact) mass is 434 g/mol. The standard InChI is InChI=1S/C16H11FN6O4S2/c17-12-4-2-9(6-19-12)8-1-3-10-11(5-8)28-16(21-10)14(24)15-23-22-13(27-15)7-20-29(18,25)26/h1-6,20H,7H2,(H2,18,25,26). The second kappa shape index (κ2) is 7.36. The van der Waals surface area contributed by atoms with Crippen molar-refractivity contribution in [2.45, 2.75) is 6.54 Å². The Morgan fingerprint density at radius 1 is 1.21 bits per heavy atom. The molecule has 0 bridgehead atoms. The zero-order valence-corrected chi connectivity index (χ0v) is 16.0. The molecular weight excluding hydrogens is 423 g/mol. The van der Waals surface area contributed by atoms with Gasteiger partial charge in [-0.1, -0.05) is 6.07 Å². The van der Waals surface area contributed by atoms with Crippen molar-refractivity contribution in [1.82, 2.24) is 24.9 Å². The summed E-state index contributed by atoms with van der Waals surface area (Å²) in [5.74, 6) is -1.60. The molecule has 148 valence electrons. The lowest BCUT2D eigenvalue weighted by atomic mass is 10.1. The lowest BCUT2D eigenvalue weighted by molar-refractivity contribution is 0.100. The number of nitrogens with one attached hydrogen (secondary N) is 1. The smallest absolute Gasteiger partial charge is 0.291 e. The van der Waals surface area contributed by atoms with Crippen molar-refractivity contribution in [3.63, 3.8) is 0 Å². The van der Waals surface area contributed by atoms with Crippen LogP contribution in [0.4, 0.5) is 4.39 Å². The highest BCUT2D eigenvalue weighted by Gasteiger charge is 2.21. The van der Waals surface area contributed by atoms with Crippen LogP contribution in [0.2, 0.25) is 0 Å². The predicted octanol–water partition coefficient (Wildman–Crippen LogP) is 1.40. The molecule has 3 N–H and O–H groups in total. The van der Waals surface area contributed by atoms with Gasteiger partial charge in [-0.2, -0.15) is 17.5 Å². The molecule has 0 aliphatic carbocycles. The Labute approximate surface area is 166 Å². The van der Waals surface area contributed by atoms with Crippen molar-refractivity contribution >= 4 is 37.5 Å². The summed E-state index contributed by atoms with van der Waals surface area (Å²) >= 11 is 1.12. The van der Waals surface area contributed by atoms with E-state index in [1.165, 1.54) is 12.3 Å². The van der Waals surface area contributed by atoms with Crippen LogP contribution in [0.25, 0.3) is 21.3 Å². The summed E-state index contributed by atoms with van der Waals surface area (Å²) in [5.41, 5.74) is 2.10. The Morgan fingerprint density at radius 2 is 2.00 bits per heavy atom. The summed E-state index contributed by atoms with van der Waals surface area (Å²) in [6.45, 7) is -0.339. The minimum atomic E-state index is -3.93. The largest absolute Gasteiger partial charge is 0.417 e. The van der Waals surface area contributed by atoms with E-state index in [4.69, 9.17) is 9.56 Å². The molecule has 0 unspecified atom stereocenters. The number of hydrogen-bond donors (Lipinski definition) is 2. The maximum absolute atomic E-state index is 13.0. The van der Waals surface area contributed by atoms with E-state index in [1.54, 1.807) is 18.2 Å². The number of carbonyl (C=O) groups is 1. The van der Waals surface area contributed by atoms with E-state index < -0.39 is 21.9 Å². The van der Waals surface area contributed by atoms with E-state index in [-0.39, 0.29) is 23.3 Å². The fourth-order valence-corrected chi connectivity index (χ4v) is 3.68. The zero-order valence-electron chi connectivity index (χ0n) is 14.4. The summed E-state index contributed by atoms with van der Waals surface area (Å²) in [6.07, 6.45) is 1.42. The van der Waals surface area contributed by atoms with Crippen LogP contribution in [-0.2, 0) is 16.8 Å². The number of ketones is 1. The van der Waals surface area contributed by atoms with Crippen molar-refractivity contribution in [3.05, 3.63) is 59.3 Å². The molecule has 3 heterocycles. The first kappa shape index (κ1) is 19.2. The van der Waals surface area contributed by atoms with Crippen molar-refractivity contribution in [1.29, 1.82) is 0 Å². The molecule has 4 aromatic rings. The highest BCUT2D eigenvalue weighted by molar-refractivity contribution is 7.87. The number of nitrogens with zero attached hydrogens (tertiary/aromatic N) is 4. The van der Waals surface area contributed by atoms with Gasteiger partial charge in [-0.05, 0) is 29.8 Å². The van der Waals surface area contributed by atoms with Gasteiger partial charge in [-0.3, -0.25) is 4.79 Å². The first-order valence-corrected chi connectivity index (χ1v) is 10.3. The van der Waals surface area contributed by atoms with Crippen LogP contribution in [0.1, 0.15) is 21.6 Å². The van der Waals surface area contributed by atoms with Crippen molar-refractivity contribution in [3.8, 4) is 11.1 Å². The molecule has 3 aromatic heterocycles. The number of hydrogen-bond acceptors (Lipinski definition) is 9. The molecule has 0 saturated carbocycles. The highest BCUT2D eigenvalue weighted by Crippen LogP contribution is 2.29. The van der Waals surface area contributed by atoms with Gasteiger partial charge in [-0.15, -0.1) is 21.5 Å². The topological polar surface area (TPSA) is 154 Å². The van der Waals surface area contributed by atoms with Crippen molar-refractivity contribution < 1.29 is 22.0 Å². The molecule has 29 heavy (non-hydrogen) atoms. The molecule has 1 aromatic carbocycles. The lowest BCUT2D eigenvalue weighted by Gasteiger charge is -2.00. The van der Waals surface area contributed by atoms with Crippen molar-refractivity contribution in [2.75, 3.05) is 0 Å². The van der Waals surface area contributed by atoms with Gasteiger partial charge >= 0.3 is 0 Å². The molecule has 4 rings (SSSR count). The summed E-state index contributed by atoms with van der Waals surface area (Å²) in [4.78, 5) is 20.5. The second-order valence-electron chi connectivity index (χ2n) is 5.77. The van der Waals surface area contributed by atoms with Crippen LogP contribution in [0.15, 0.2) is 40.9 Å². The Morgan fingerprint density at radius 3 is 2.72 bits per heavy atom. The Hall–Kier alpha value is -3.13. The number of benzene rings is 1. The quantitative estimate of drug-likeness (QED) is 0.341. The average molecular weight is 434 g/mol. The van der Waals surface area contributed by atoms with Gasteiger partial charge in [-0.25, -0.2) is 15.1 Å². The minimum absolute atomic E-state index is 0.116. The number of thiazole rings is 1. The molecule has 10 nitrogen and oxygen atoms in total. The van der Waals surface area contributed by atoms with Gasteiger partial charge in [0.25, 0.3) is 21.9 Å². The predicted molar refractivity (Wildman–Crippen MR) is 100 cm³/mol. The molecule has 0 aliphatic rings. The van der Waals surface area contributed by atoms with E-state index in [0.29, 0.717) is 5.52 Å². The molecule has 0 radical (unpaired) electrons. The number of rotatable bonds is 6.